The molecule has 1 N–H and O–H groups in total. The molecule has 0 bridgehead atoms. The van der Waals surface area contributed by atoms with Crippen molar-refractivity contribution in [2.45, 2.75) is 6.92 Å². The summed E-state index contributed by atoms with van der Waals surface area (Å²) in [4.78, 5) is 13.2. The monoisotopic (exact) mass is 184 g/mol. The van der Waals surface area contributed by atoms with Crippen molar-refractivity contribution in [2.24, 2.45) is 11.8 Å². The van der Waals surface area contributed by atoms with Crippen molar-refractivity contribution in [3.8, 4) is 0 Å². The standard InChI is InChI=1S/C9H16N2O2/c1-2-13-9(12)11-5-7-3-10-4-8(7)6-11/h7-8,10H,2-6H2,1H3. The molecule has 0 aromatic carbocycles. The minimum Gasteiger partial charge on any atom is -0.450 e. The lowest BCUT2D eigenvalue weighted by Crippen LogP contribution is -2.32. The third-order valence-electron chi connectivity index (χ3n) is 2.92. The number of hydrogen-bond acceptors (Lipinski definition) is 3. The fraction of sp³-hybridized carbons (Fsp3) is 0.889. The third kappa shape index (κ3) is 1.63. The molecule has 4 nitrogen and oxygen atoms in total. The van der Waals surface area contributed by atoms with Crippen molar-refractivity contribution >= 4 is 6.09 Å². The van der Waals surface area contributed by atoms with Crippen LogP contribution in [0.1, 0.15) is 6.92 Å². The summed E-state index contributed by atoms with van der Waals surface area (Å²) < 4.78 is 4.96. The summed E-state index contributed by atoms with van der Waals surface area (Å²) in [5, 5.41) is 3.34. The highest BCUT2D eigenvalue weighted by atomic mass is 16.6. The number of likely N-dealkylation sites (tertiary alicyclic amines) is 1. The molecule has 0 aromatic heterocycles. The van der Waals surface area contributed by atoms with Crippen LogP contribution in [0.5, 0.6) is 0 Å². The Kier molecular flexibility index (Phi) is 2.40. The van der Waals surface area contributed by atoms with Gasteiger partial charge in [-0.15, -0.1) is 0 Å². The number of amides is 1. The van der Waals surface area contributed by atoms with Gasteiger partial charge in [0.15, 0.2) is 0 Å². The van der Waals surface area contributed by atoms with E-state index < -0.39 is 0 Å². The number of fused-ring (bicyclic) bond motifs is 1. The smallest absolute Gasteiger partial charge is 0.409 e. The van der Waals surface area contributed by atoms with Crippen LogP contribution >= 0.6 is 0 Å². The number of nitrogens with one attached hydrogen (secondary N) is 1. The molecule has 2 atom stereocenters. The van der Waals surface area contributed by atoms with Crippen molar-refractivity contribution in [3.63, 3.8) is 0 Å². The van der Waals surface area contributed by atoms with E-state index in [4.69, 9.17) is 4.74 Å². The summed E-state index contributed by atoms with van der Waals surface area (Å²) in [5.41, 5.74) is 0. The Bertz CT molecular complexity index is 196. The largest absolute Gasteiger partial charge is 0.450 e. The quantitative estimate of drug-likeness (QED) is 0.637. The lowest BCUT2D eigenvalue weighted by Gasteiger charge is -2.16. The molecule has 2 aliphatic heterocycles. The van der Waals surface area contributed by atoms with Crippen LogP contribution < -0.4 is 5.32 Å². The van der Waals surface area contributed by atoms with E-state index in [0.717, 1.165) is 26.2 Å². The minimum absolute atomic E-state index is 0.142. The van der Waals surface area contributed by atoms with Crippen molar-refractivity contribution in [1.29, 1.82) is 0 Å². The molecule has 13 heavy (non-hydrogen) atoms. The van der Waals surface area contributed by atoms with E-state index in [1.165, 1.54) is 0 Å². The van der Waals surface area contributed by atoms with Crippen molar-refractivity contribution in [3.05, 3.63) is 0 Å². The molecule has 0 aromatic rings. The van der Waals surface area contributed by atoms with Crippen LogP contribution in [0, 0.1) is 11.8 Å². The molecule has 74 valence electrons. The first kappa shape index (κ1) is 8.81. The summed E-state index contributed by atoms with van der Waals surface area (Å²) in [6.07, 6.45) is -0.142. The molecular weight excluding hydrogens is 168 g/mol. The Balaban J connectivity index is 1.87. The summed E-state index contributed by atoms with van der Waals surface area (Å²) in [7, 11) is 0. The van der Waals surface area contributed by atoms with Crippen LogP contribution in [0.2, 0.25) is 0 Å². The molecule has 0 radical (unpaired) electrons. The molecule has 2 saturated heterocycles. The van der Waals surface area contributed by atoms with Crippen LogP contribution in [0.15, 0.2) is 0 Å². The van der Waals surface area contributed by atoms with Gasteiger partial charge < -0.3 is 15.0 Å². The molecular formula is C9H16N2O2. The molecule has 2 unspecified atom stereocenters. The molecule has 0 saturated carbocycles. The maximum Gasteiger partial charge on any atom is 0.409 e. The lowest BCUT2D eigenvalue weighted by molar-refractivity contribution is 0.113. The topological polar surface area (TPSA) is 41.6 Å². The van der Waals surface area contributed by atoms with Gasteiger partial charge >= 0.3 is 6.09 Å². The Hall–Kier alpha value is -0.770. The summed E-state index contributed by atoms with van der Waals surface area (Å²) in [5.74, 6) is 1.31. The normalized spacial score (nSPS) is 31.9. The van der Waals surface area contributed by atoms with Crippen molar-refractivity contribution < 1.29 is 9.53 Å². The predicted octanol–water partition coefficient (Wildman–Crippen LogP) is 0.294. The van der Waals surface area contributed by atoms with Gasteiger partial charge in [0.2, 0.25) is 0 Å². The van der Waals surface area contributed by atoms with Crippen LogP contribution in [0.25, 0.3) is 0 Å². The first-order chi connectivity index (χ1) is 6.31. The van der Waals surface area contributed by atoms with Gasteiger partial charge in [-0.2, -0.15) is 0 Å². The number of carbonyl (C=O) groups is 1. The minimum atomic E-state index is -0.142. The highest BCUT2D eigenvalue weighted by Gasteiger charge is 2.38. The van der Waals surface area contributed by atoms with Crippen LogP contribution in [-0.2, 0) is 4.74 Å². The lowest BCUT2D eigenvalue weighted by atomic mass is 10.0. The SMILES string of the molecule is CCOC(=O)N1CC2CNCC2C1. The maximum absolute atomic E-state index is 11.4. The van der Waals surface area contributed by atoms with Gasteiger partial charge in [-0.3, -0.25) is 0 Å². The Morgan fingerprint density at radius 1 is 1.46 bits per heavy atom. The molecule has 4 heteroatoms. The van der Waals surface area contributed by atoms with Gasteiger partial charge in [-0.25, -0.2) is 4.79 Å². The average molecular weight is 184 g/mol. The third-order valence-corrected chi connectivity index (χ3v) is 2.92. The predicted molar refractivity (Wildman–Crippen MR) is 48.4 cm³/mol. The van der Waals surface area contributed by atoms with E-state index in [1.54, 1.807) is 0 Å². The van der Waals surface area contributed by atoms with Gasteiger partial charge in [0.05, 0.1) is 6.61 Å². The van der Waals surface area contributed by atoms with E-state index in [2.05, 4.69) is 5.32 Å². The van der Waals surface area contributed by atoms with E-state index >= 15 is 0 Å². The van der Waals surface area contributed by atoms with Gasteiger partial charge in [-0.05, 0) is 18.8 Å². The molecule has 2 heterocycles. The number of hydrogen-bond donors (Lipinski definition) is 1. The first-order valence-electron chi connectivity index (χ1n) is 4.93. The molecule has 2 rings (SSSR count). The zero-order valence-electron chi connectivity index (χ0n) is 7.95. The second kappa shape index (κ2) is 3.54. The average Bonchev–Trinajstić information content (AvgIpc) is 2.61. The number of rotatable bonds is 1. The molecule has 1 amide bonds. The fourth-order valence-corrected chi connectivity index (χ4v) is 2.22. The van der Waals surface area contributed by atoms with Crippen molar-refractivity contribution in [2.75, 3.05) is 32.8 Å². The molecule has 0 spiro atoms. The summed E-state index contributed by atoms with van der Waals surface area (Å²) in [6.45, 7) is 6.17. The van der Waals surface area contributed by atoms with Crippen LogP contribution in [0.4, 0.5) is 4.79 Å². The Labute approximate surface area is 78.2 Å². The fourth-order valence-electron chi connectivity index (χ4n) is 2.22. The number of ether oxygens (including phenoxy) is 1. The highest BCUT2D eigenvalue weighted by molar-refractivity contribution is 5.68. The van der Waals surface area contributed by atoms with E-state index in [-0.39, 0.29) is 6.09 Å². The van der Waals surface area contributed by atoms with Crippen LogP contribution in [-0.4, -0.2) is 43.8 Å². The highest BCUT2D eigenvalue weighted by Crippen LogP contribution is 2.26. The zero-order valence-corrected chi connectivity index (χ0v) is 7.95. The van der Waals surface area contributed by atoms with E-state index in [1.807, 2.05) is 11.8 Å². The molecule has 0 aliphatic carbocycles. The van der Waals surface area contributed by atoms with Crippen LogP contribution in [0.3, 0.4) is 0 Å². The molecule has 2 aliphatic rings. The Morgan fingerprint density at radius 3 is 2.62 bits per heavy atom. The van der Waals surface area contributed by atoms with Gasteiger partial charge in [0, 0.05) is 26.2 Å². The number of carbonyl (C=O) groups excluding carboxylic acids is 1. The van der Waals surface area contributed by atoms with Gasteiger partial charge in [0.25, 0.3) is 0 Å². The molecule has 2 fully saturated rings. The maximum atomic E-state index is 11.4. The zero-order chi connectivity index (χ0) is 9.26. The first-order valence-corrected chi connectivity index (χ1v) is 4.93. The van der Waals surface area contributed by atoms with Gasteiger partial charge in [-0.1, -0.05) is 0 Å². The number of nitrogens with zero attached hydrogens (tertiary/aromatic N) is 1. The van der Waals surface area contributed by atoms with E-state index in [0.29, 0.717) is 18.4 Å². The summed E-state index contributed by atoms with van der Waals surface area (Å²) >= 11 is 0. The second-order valence-corrected chi connectivity index (χ2v) is 3.78. The van der Waals surface area contributed by atoms with Crippen molar-refractivity contribution in [1.82, 2.24) is 10.2 Å². The van der Waals surface area contributed by atoms with Gasteiger partial charge in [0.1, 0.15) is 0 Å². The Morgan fingerprint density at radius 2 is 2.08 bits per heavy atom. The summed E-state index contributed by atoms with van der Waals surface area (Å²) in [6, 6.07) is 0. The van der Waals surface area contributed by atoms with E-state index in [9.17, 15) is 4.79 Å². The second-order valence-electron chi connectivity index (χ2n) is 3.78.